The molecule has 0 aliphatic rings. The van der Waals surface area contributed by atoms with Crippen LogP contribution in [0.1, 0.15) is 15.9 Å². The topological polar surface area (TPSA) is 106 Å². The van der Waals surface area contributed by atoms with Crippen molar-refractivity contribution in [1.82, 2.24) is 5.43 Å². The van der Waals surface area contributed by atoms with Gasteiger partial charge in [0.25, 0.3) is 0 Å². The highest BCUT2D eigenvalue weighted by molar-refractivity contribution is 6.39. The fraction of sp³-hybridized carbons (Fsp3) is 0.0435. The number of esters is 1. The predicted molar refractivity (Wildman–Crippen MR) is 130 cm³/mol. The van der Waals surface area contributed by atoms with Crippen LogP contribution in [0.5, 0.6) is 11.5 Å². The largest absolute Gasteiger partial charge is 0.493 e. The number of anilines is 1. The smallest absolute Gasteiger partial charge is 0.345 e. The van der Waals surface area contributed by atoms with Crippen LogP contribution in [-0.4, -0.2) is 31.1 Å². The van der Waals surface area contributed by atoms with Crippen LogP contribution in [0.4, 0.5) is 5.69 Å². The van der Waals surface area contributed by atoms with Gasteiger partial charge in [0.05, 0.1) is 23.9 Å². The summed E-state index contributed by atoms with van der Waals surface area (Å²) in [5, 5.41) is 7.20. The van der Waals surface area contributed by atoms with Crippen LogP contribution in [0.3, 0.4) is 0 Å². The summed E-state index contributed by atoms with van der Waals surface area (Å²) in [5.41, 5.74) is 3.16. The number of halogens is 3. The minimum atomic E-state index is -0.969. The average Bonchev–Trinajstić information content (AvgIpc) is 2.81. The van der Waals surface area contributed by atoms with Crippen molar-refractivity contribution in [3.05, 3.63) is 86.9 Å². The number of amides is 2. The van der Waals surface area contributed by atoms with Crippen LogP contribution in [0, 0.1) is 0 Å². The first-order chi connectivity index (χ1) is 16.3. The Kier molecular flexibility index (Phi) is 8.48. The summed E-state index contributed by atoms with van der Waals surface area (Å²) in [6, 6.07) is 15.2. The fourth-order valence-corrected chi connectivity index (χ4v) is 3.21. The van der Waals surface area contributed by atoms with Crippen molar-refractivity contribution in [2.75, 3.05) is 12.4 Å². The third kappa shape index (κ3) is 6.71. The van der Waals surface area contributed by atoms with Gasteiger partial charge in [-0.3, -0.25) is 9.59 Å². The summed E-state index contributed by atoms with van der Waals surface area (Å²) < 4.78 is 10.6. The molecule has 0 saturated heterocycles. The summed E-state index contributed by atoms with van der Waals surface area (Å²) >= 11 is 17.7. The number of ether oxygens (including phenoxy) is 2. The minimum Gasteiger partial charge on any atom is -0.493 e. The number of hydrogen-bond donors (Lipinski definition) is 2. The molecule has 3 aromatic rings. The number of rotatable bonds is 6. The van der Waals surface area contributed by atoms with Crippen molar-refractivity contribution < 1.29 is 23.9 Å². The van der Waals surface area contributed by atoms with Gasteiger partial charge in [-0.15, -0.1) is 0 Å². The van der Waals surface area contributed by atoms with Gasteiger partial charge in [-0.25, -0.2) is 10.2 Å². The molecule has 0 radical (unpaired) electrons. The fourth-order valence-electron chi connectivity index (χ4n) is 2.60. The lowest BCUT2D eigenvalue weighted by Crippen LogP contribution is -2.32. The quantitative estimate of drug-likeness (QED) is 0.157. The zero-order valence-electron chi connectivity index (χ0n) is 17.5. The first kappa shape index (κ1) is 25.0. The zero-order chi connectivity index (χ0) is 24.7. The van der Waals surface area contributed by atoms with E-state index >= 15 is 0 Å². The molecule has 8 nitrogen and oxygen atoms in total. The van der Waals surface area contributed by atoms with Crippen LogP contribution in [-0.2, 0) is 9.59 Å². The summed E-state index contributed by atoms with van der Waals surface area (Å²) in [5.74, 6) is -2.19. The maximum atomic E-state index is 12.4. The molecular formula is C23H16Cl3N3O5. The Labute approximate surface area is 209 Å². The van der Waals surface area contributed by atoms with Crippen molar-refractivity contribution in [3.63, 3.8) is 0 Å². The number of carbonyl (C=O) groups is 3. The summed E-state index contributed by atoms with van der Waals surface area (Å²) in [6.07, 6.45) is 1.29. The van der Waals surface area contributed by atoms with E-state index in [4.69, 9.17) is 44.3 Å². The van der Waals surface area contributed by atoms with Crippen molar-refractivity contribution >= 4 is 64.5 Å². The van der Waals surface area contributed by atoms with Crippen molar-refractivity contribution in [2.45, 2.75) is 0 Å². The van der Waals surface area contributed by atoms with Gasteiger partial charge in [-0.2, -0.15) is 5.10 Å². The second kappa shape index (κ2) is 11.5. The number of benzene rings is 3. The van der Waals surface area contributed by atoms with Crippen LogP contribution in [0.15, 0.2) is 65.8 Å². The zero-order valence-corrected chi connectivity index (χ0v) is 19.7. The summed E-state index contributed by atoms with van der Waals surface area (Å²) in [7, 11) is 1.39. The Bertz CT molecular complexity index is 1260. The Hall–Kier alpha value is -3.59. The minimum absolute atomic E-state index is 0.137. The third-order valence-corrected chi connectivity index (χ3v) is 5.03. The molecule has 0 heterocycles. The molecule has 2 amide bonds. The lowest BCUT2D eigenvalue weighted by Gasteiger charge is -2.10. The lowest BCUT2D eigenvalue weighted by molar-refractivity contribution is -0.136. The van der Waals surface area contributed by atoms with Crippen molar-refractivity contribution in [1.29, 1.82) is 0 Å². The monoisotopic (exact) mass is 519 g/mol. The first-order valence-corrected chi connectivity index (χ1v) is 10.7. The van der Waals surface area contributed by atoms with E-state index in [2.05, 4.69) is 15.8 Å². The molecule has 3 aromatic carbocycles. The molecule has 0 fully saturated rings. The summed E-state index contributed by atoms with van der Waals surface area (Å²) in [4.78, 5) is 36.3. The normalized spacial score (nSPS) is 10.6. The SMILES string of the molecule is COc1cc(C=NNC(=O)C(=O)Nc2ccc(Cl)cc2)ccc1OC(=O)c1ccc(Cl)cc1Cl. The van der Waals surface area contributed by atoms with Gasteiger partial charge in [0.1, 0.15) is 0 Å². The lowest BCUT2D eigenvalue weighted by atomic mass is 10.2. The van der Waals surface area contributed by atoms with E-state index in [1.54, 1.807) is 30.3 Å². The van der Waals surface area contributed by atoms with E-state index in [0.29, 0.717) is 21.3 Å². The molecule has 34 heavy (non-hydrogen) atoms. The van der Waals surface area contributed by atoms with E-state index in [1.165, 1.54) is 43.7 Å². The highest BCUT2D eigenvalue weighted by Gasteiger charge is 2.16. The molecular weight excluding hydrogens is 505 g/mol. The van der Waals surface area contributed by atoms with Gasteiger partial charge in [0, 0.05) is 15.7 Å². The number of hydrogen-bond acceptors (Lipinski definition) is 6. The van der Waals surface area contributed by atoms with Crippen LogP contribution in [0.25, 0.3) is 0 Å². The molecule has 0 saturated carbocycles. The molecule has 174 valence electrons. The van der Waals surface area contributed by atoms with Gasteiger partial charge in [-0.1, -0.05) is 34.8 Å². The third-order valence-electron chi connectivity index (χ3n) is 4.23. The number of nitrogens with zero attached hydrogens (tertiary/aromatic N) is 1. The molecule has 0 aliphatic carbocycles. The molecule has 0 aromatic heterocycles. The van der Waals surface area contributed by atoms with E-state index in [1.807, 2.05) is 0 Å². The first-order valence-electron chi connectivity index (χ1n) is 9.52. The second-order valence-corrected chi connectivity index (χ2v) is 7.86. The Balaban J connectivity index is 1.62. The Morgan fingerprint density at radius 2 is 1.56 bits per heavy atom. The van der Waals surface area contributed by atoms with E-state index in [0.717, 1.165) is 0 Å². The predicted octanol–water partition coefficient (Wildman–Crippen LogP) is 4.96. The van der Waals surface area contributed by atoms with Gasteiger partial charge in [0.15, 0.2) is 11.5 Å². The van der Waals surface area contributed by atoms with Crippen LogP contribution >= 0.6 is 34.8 Å². The highest BCUT2D eigenvalue weighted by atomic mass is 35.5. The highest BCUT2D eigenvalue weighted by Crippen LogP contribution is 2.30. The Morgan fingerprint density at radius 3 is 2.24 bits per heavy atom. The molecule has 2 N–H and O–H groups in total. The van der Waals surface area contributed by atoms with Crippen molar-refractivity contribution in [3.8, 4) is 11.5 Å². The standard InChI is InChI=1S/C23H16Cl3N3O5/c1-33-20-10-13(2-9-19(20)34-23(32)17-8-5-15(25)11-18(17)26)12-27-29-22(31)21(30)28-16-6-3-14(24)4-7-16/h2-12H,1H3,(H,28,30)(H,29,31). The van der Waals surface area contributed by atoms with Gasteiger partial charge in [-0.05, 0) is 66.2 Å². The molecule has 0 bridgehead atoms. The number of methoxy groups -OCH3 is 1. The molecule has 3 rings (SSSR count). The van der Waals surface area contributed by atoms with Crippen LogP contribution in [0.2, 0.25) is 15.1 Å². The van der Waals surface area contributed by atoms with Gasteiger partial charge >= 0.3 is 17.8 Å². The summed E-state index contributed by atoms with van der Waals surface area (Å²) in [6.45, 7) is 0. The maximum absolute atomic E-state index is 12.4. The van der Waals surface area contributed by atoms with E-state index < -0.39 is 17.8 Å². The van der Waals surface area contributed by atoms with Crippen LogP contribution < -0.4 is 20.2 Å². The molecule has 11 heteroatoms. The molecule has 0 aliphatic heterocycles. The van der Waals surface area contributed by atoms with Gasteiger partial charge < -0.3 is 14.8 Å². The van der Waals surface area contributed by atoms with E-state index in [9.17, 15) is 14.4 Å². The Morgan fingerprint density at radius 1 is 0.853 bits per heavy atom. The molecule has 0 spiro atoms. The number of nitrogens with one attached hydrogen (secondary N) is 2. The maximum Gasteiger partial charge on any atom is 0.345 e. The molecule has 0 atom stereocenters. The molecule has 0 unspecified atom stereocenters. The second-order valence-electron chi connectivity index (χ2n) is 6.58. The van der Waals surface area contributed by atoms with E-state index in [-0.39, 0.29) is 22.1 Å². The van der Waals surface area contributed by atoms with Crippen molar-refractivity contribution in [2.24, 2.45) is 5.10 Å². The number of hydrazone groups is 1. The number of carbonyl (C=O) groups excluding carboxylic acids is 3. The average molecular weight is 521 g/mol. The van der Waals surface area contributed by atoms with Gasteiger partial charge in [0.2, 0.25) is 0 Å².